The van der Waals surface area contributed by atoms with Gasteiger partial charge in [0.25, 0.3) is 0 Å². The van der Waals surface area contributed by atoms with Gasteiger partial charge in [-0.3, -0.25) is 4.79 Å². The summed E-state index contributed by atoms with van der Waals surface area (Å²) in [6.07, 6.45) is 2.55. The predicted molar refractivity (Wildman–Crippen MR) is 80.7 cm³/mol. The lowest BCUT2D eigenvalue weighted by Gasteiger charge is -2.25. The Morgan fingerprint density at radius 2 is 1.95 bits per heavy atom. The molecule has 110 valence electrons. The van der Waals surface area contributed by atoms with E-state index in [1.807, 2.05) is 45.0 Å². The summed E-state index contributed by atoms with van der Waals surface area (Å²) in [6.45, 7) is 6.64. The van der Waals surface area contributed by atoms with E-state index in [2.05, 4.69) is 5.32 Å². The van der Waals surface area contributed by atoms with Gasteiger partial charge in [-0.1, -0.05) is 20.8 Å². The zero-order valence-electron chi connectivity index (χ0n) is 12.5. The molecule has 0 aliphatic heterocycles. The van der Waals surface area contributed by atoms with Gasteiger partial charge in [-0.2, -0.15) is 0 Å². The molecule has 0 aromatic heterocycles. The molecule has 20 heavy (non-hydrogen) atoms. The van der Waals surface area contributed by atoms with E-state index in [9.17, 15) is 4.79 Å². The molecular formula is C16H24N2O2. The number of anilines is 1. The highest BCUT2D eigenvalue weighted by molar-refractivity contribution is 5.95. The highest BCUT2D eigenvalue weighted by Crippen LogP contribution is 2.29. The van der Waals surface area contributed by atoms with Crippen molar-refractivity contribution in [2.45, 2.75) is 39.7 Å². The number of nitrogens with two attached hydrogens (primary N) is 1. The van der Waals surface area contributed by atoms with Crippen LogP contribution in [0.5, 0.6) is 5.75 Å². The summed E-state index contributed by atoms with van der Waals surface area (Å²) in [7, 11) is 0. The lowest BCUT2D eigenvalue weighted by atomic mass is 9.87. The van der Waals surface area contributed by atoms with Gasteiger partial charge in [0.1, 0.15) is 5.75 Å². The fourth-order valence-electron chi connectivity index (χ4n) is 1.75. The third-order valence-corrected chi connectivity index (χ3v) is 3.52. The van der Waals surface area contributed by atoms with Crippen LogP contribution in [0.4, 0.5) is 5.69 Å². The Hall–Kier alpha value is -1.55. The molecule has 1 aliphatic rings. The van der Waals surface area contributed by atoms with Crippen LogP contribution in [0.1, 0.15) is 33.6 Å². The Morgan fingerprint density at radius 1 is 1.35 bits per heavy atom. The molecule has 0 spiro atoms. The van der Waals surface area contributed by atoms with Crippen molar-refractivity contribution < 1.29 is 9.53 Å². The van der Waals surface area contributed by atoms with Crippen molar-refractivity contribution in [1.29, 1.82) is 0 Å². The number of carbonyl (C=O) groups is 1. The van der Waals surface area contributed by atoms with Gasteiger partial charge < -0.3 is 15.8 Å². The third kappa shape index (κ3) is 4.23. The molecule has 0 bridgehead atoms. The molecule has 1 fully saturated rings. The molecule has 1 aromatic rings. The van der Waals surface area contributed by atoms with Gasteiger partial charge in [0, 0.05) is 5.69 Å². The van der Waals surface area contributed by atoms with Crippen molar-refractivity contribution in [2.24, 2.45) is 17.1 Å². The molecule has 0 unspecified atom stereocenters. The first kappa shape index (κ1) is 14.9. The second-order valence-corrected chi connectivity index (χ2v) is 6.61. The number of rotatable bonds is 5. The number of benzene rings is 1. The summed E-state index contributed by atoms with van der Waals surface area (Å²) in [5, 5.41) is 2.83. The summed E-state index contributed by atoms with van der Waals surface area (Å²) >= 11 is 0. The molecule has 0 saturated heterocycles. The van der Waals surface area contributed by atoms with Gasteiger partial charge in [0.05, 0.1) is 12.6 Å². The first-order chi connectivity index (χ1) is 9.36. The van der Waals surface area contributed by atoms with E-state index in [0.29, 0.717) is 0 Å². The highest BCUT2D eigenvalue weighted by atomic mass is 16.5. The molecule has 1 saturated carbocycles. The topological polar surface area (TPSA) is 64.4 Å². The maximum Gasteiger partial charge on any atom is 0.241 e. The summed E-state index contributed by atoms with van der Waals surface area (Å²) in [6, 6.07) is 6.90. The first-order valence-corrected chi connectivity index (χ1v) is 7.15. The Kier molecular flexibility index (Phi) is 4.33. The Bertz CT molecular complexity index is 458. The molecule has 1 amide bonds. The summed E-state index contributed by atoms with van der Waals surface area (Å²) in [5.41, 5.74) is 6.41. The van der Waals surface area contributed by atoms with Gasteiger partial charge in [0.2, 0.25) is 5.91 Å². The van der Waals surface area contributed by atoms with Crippen molar-refractivity contribution in [3.63, 3.8) is 0 Å². The quantitative estimate of drug-likeness (QED) is 0.869. The normalized spacial score (nSPS) is 16.6. The van der Waals surface area contributed by atoms with Gasteiger partial charge in [-0.05, 0) is 48.4 Å². The summed E-state index contributed by atoms with van der Waals surface area (Å²) < 4.78 is 5.65. The van der Waals surface area contributed by atoms with Crippen LogP contribution >= 0.6 is 0 Å². The lowest BCUT2D eigenvalue weighted by molar-refractivity contribution is -0.119. The van der Waals surface area contributed by atoms with Crippen LogP contribution in [0.3, 0.4) is 0 Å². The maximum atomic E-state index is 12.0. The van der Waals surface area contributed by atoms with Crippen molar-refractivity contribution in [2.75, 3.05) is 11.9 Å². The second kappa shape index (κ2) is 5.83. The van der Waals surface area contributed by atoms with Gasteiger partial charge in [-0.25, -0.2) is 0 Å². The number of amides is 1. The summed E-state index contributed by atoms with van der Waals surface area (Å²) in [4.78, 5) is 12.0. The predicted octanol–water partition coefficient (Wildman–Crippen LogP) is 2.79. The summed E-state index contributed by atoms with van der Waals surface area (Å²) in [5.74, 6) is 1.42. The van der Waals surface area contributed by atoms with Crippen molar-refractivity contribution in [3.05, 3.63) is 24.3 Å². The van der Waals surface area contributed by atoms with Crippen molar-refractivity contribution in [3.8, 4) is 5.75 Å². The lowest BCUT2D eigenvalue weighted by Crippen LogP contribution is -2.45. The average Bonchev–Trinajstić information content (AvgIpc) is 3.20. The van der Waals surface area contributed by atoms with Gasteiger partial charge in [-0.15, -0.1) is 0 Å². The van der Waals surface area contributed by atoms with Crippen LogP contribution in [0.15, 0.2) is 24.3 Å². The number of hydrogen-bond acceptors (Lipinski definition) is 3. The minimum absolute atomic E-state index is 0.163. The number of hydrogen-bond donors (Lipinski definition) is 2. The largest absolute Gasteiger partial charge is 0.493 e. The van der Waals surface area contributed by atoms with E-state index in [1.54, 1.807) is 0 Å². The SMILES string of the molecule is CC(C)(C)[C@H](N)C(=O)Nc1ccc(OCC2CC2)cc1. The highest BCUT2D eigenvalue weighted by Gasteiger charge is 2.27. The van der Waals surface area contributed by atoms with E-state index in [1.165, 1.54) is 12.8 Å². The Labute approximate surface area is 120 Å². The number of nitrogens with one attached hydrogen (secondary N) is 1. The Balaban J connectivity index is 1.87. The van der Waals surface area contributed by atoms with E-state index in [0.717, 1.165) is 24.0 Å². The number of ether oxygens (including phenoxy) is 1. The smallest absolute Gasteiger partial charge is 0.241 e. The van der Waals surface area contributed by atoms with Crippen LogP contribution in [0.25, 0.3) is 0 Å². The zero-order chi connectivity index (χ0) is 14.8. The van der Waals surface area contributed by atoms with Crippen LogP contribution in [-0.2, 0) is 4.79 Å². The molecule has 4 nitrogen and oxygen atoms in total. The molecule has 0 heterocycles. The average molecular weight is 276 g/mol. The zero-order valence-corrected chi connectivity index (χ0v) is 12.5. The molecule has 0 radical (unpaired) electrons. The Morgan fingerprint density at radius 3 is 2.45 bits per heavy atom. The van der Waals surface area contributed by atoms with Crippen LogP contribution in [0.2, 0.25) is 0 Å². The standard InChI is InChI=1S/C16H24N2O2/c1-16(2,3)14(17)15(19)18-12-6-8-13(9-7-12)20-10-11-4-5-11/h6-9,11,14H,4-5,10,17H2,1-3H3,(H,18,19)/t14-/m1/s1. The molecule has 3 N–H and O–H groups in total. The van der Waals surface area contributed by atoms with Crippen molar-refractivity contribution >= 4 is 11.6 Å². The third-order valence-electron chi connectivity index (χ3n) is 3.52. The maximum absolute atomic E-state index is 12.0. The minimum atomic E-state index is -0.534. The van der Waals surface area contributed by atoms with E-state index in [4.69, 9.17) is 10.5 Å². The molecule has 1 aliphatic carbocycles. The second-order valence-electron chi connectivity index (χ2n) is 6.61. The number of carbonyl (C=O) groups excluding carboxylic acids is 1. The van der Waals surface area contributed by atoms with Crippen molar-refractivity contribution in [1.82, 2.24) is 0 Å². The van der Waals surface area contributed by atoms with Crippen LogP contribution in [0, 0.1) is 11.3 Å². The molecule has 1 aromatic carbocycles. The van der Waals surface area contributed by atoms with E-state index >= 15 is 0 Å². The minimum Gasteiger partial charge on any atom is -0.493 e. The monoisotopic (exact) mass is 276 g/mol. The van der Waals surface area contributed by atoms with Crippen LogP contribution < -0.4 is 15.8 Å². The van der Waals surface area contributed by atoms with Gasteiger partial charge >= 0.3 is 0 Å². The van der Waals surface area contributed by atoms with E-state index < -0.39 is 6.04 Å². The fourth-order valence-corrected chi connectivity index (χ4v) is 1.75. The molecule has 1 atom stereocenters. The van der Waals surface area contributed by atoms with E-state index in [-0.39, 0.29) is 11.3 Å². The fraction of sp³-hybridized carbons (Fsp3) is 0.562. The molecule has 2 rings (SSSR count). The van der Waals surface area contributed by atoms with Gasteiger partial charge in [0.15, 0.2) is 0 Å². The van der Waals surface area contributed by atoms with Crippen LogP contribution in [-0.4, -0.2) is 18.6 Å². The molecule has 4 heteroatoms. The first-order valence-electron chi connectivity index (χ1n) is 7.15. The molecular weight excluding hydrogens is 252 g/mol.